The number of benzene rings is 11. The van der Waals surface area contributed by atoms with Crippen LogP contribution in [0.15, 0.2) is 285 Å². The van der Waals surface area contributed by atoms with Crippen molar-refractivity contribution in [2.24, 2.45) is 0 Å². The van der Waals surface area contributed by atoms with Gasteiger partial charge in [-0.2, -0.15) is 0 Å². The summed E-state index contributed by atoms with van der Waals surface area (Å²) in [6, 6.07) is 103. The number of nitrogens with zero attached hydrogens (tertiary/aromatic N) is 3. The molecule has 0 amide bonds. The van der Waals surface area contributed by atoms with E-state index >= 15 is 0 Å². The van der Waals surface area contributed by atoms with Crippen LogP contribution in [0.3, 0.4) is 0 Å². The van der Waals surface area contributed by atoms with Gasteiger partial charge in [0.25, 0.3) is 0 Å². The number of thiophene rings is 1. The predicted octanol–water partition coefficient (Wildman–Crippen LogP) is 19.5. The van der Waals surface area contributed by atoms with E-state index in [0.29, 0.717) is 0 Å². The molecule has 0 aliphatic rings. The molecule has 0 radical (unpaired) electrons. The molecule has 4 heteroatoms. The Morgan fingerprint density at radius 1 is 0.214 bits per heavy atom. The first-order valence-electron chi connectivity index (χ1n) is 23.7. The summed E-state index contributed by atoms with van der Waals surface area (Å²) in [7, 11) is 0. The van der Waals surface area contributed by atoms with Gasteiger partial charge in [0, 0.05) is 54.3 Å². The van der Waals surface area contributed by atoms with E-state index in [0.717, 1.165) is 62.3 Å². The first-order valence-corrected chi connectivity index (χ1v) is 24.6. The van der Waals surface area contributed by atoms with Crippen molar-refractivity contribution >= 4 is 82.7 Å². The summed E-state index contributed by atoms with van der Waals surface area (Å²) in [5.74, 6) is 0. The second kappa shape index (κ2) is 19.0. The fourth-order valence-corrected chi connectivity index (χ4v) is 11.0. The van der Waals surface area contributed by atoms with Gasteiger partial charge in [-0.05, 0) is 130 Å². The van der Waals surface area contributed by atoms with Gasteiger partial charge >= 0.3 is 0 Å². The molecule has 1 heterocycles. The van der Waals surface area contributed by atoms with Crippen LogP contribution in [0.1, 0.15) is 0 Å². The SMILES string of the molecule is c1ccc(-c2cccc(N(c3ccccc3)c3cc(N(c4ccccc4)c4ccc(-c5cccc6c5sc5ccccc56)cc4)cc(N(c4ccccc4)c4cccc(-c5ccccc5)c4)c3)c2)cc1. The Kier molecular flexibility index (Phi) is 11.5. The molecule has 0 saturated heterocycles. The van der Waals surface area contributed by atoms with Crippen molar-refractivity contribution in [2.75, 3.05) is 14.7 Å². The van der Waals surface area contributed by atoms with Gasteiger partial charge < -0.3 is 14.7 Å². The zero-order valence-corrected chi connectivity index (χ0v) is 39.2. The van der Waals surface area contributed by atoms with Gasteiger partial charge in [-0.3, -0.25) is 0 Å². The zero-order chi connectivity index (χ0) is 46.6. The Balaban J connectivity index is 1.08. The molecule has 0 spiro atoms. The van der Waals surface area contributed by atoms with E-state index in [1.165, 1.54) is 42.4 Å². The monoisotopic (exact) mass is 913 g/mol. The largest absolute Gasteiger partial charge is 0.310 e. The van der Waals surface area contributed by atoms with Gasteiger partial charge in [0.15, 0.2) is 0 Å². The van der Waals surface area contributed by atoms with Gasteiger partial charge in [-0.15, -0.1) is 11.3 Å². The normalized spacial score (nSPS) is 11.1. The summed E-state index contributed by atoms with van der Waals surface area (Å²) in [5, 5.41) is 2.60. The molecular formula is C66H47N3S. The summed E-state index contributed by atoms with van der Waals surface area (Å²) < 4.78 is 2.61. The van der Waals surface area contributed by atoms with Crippen LogP contribution < -0.4 is 14.7 Å². The lowest BCUT2D eigenvalue weighted by molar-refractivity contribution is 1.22. The van der Waals surface area contributed by atoms with Crippen molar-refractivity contribution in [3.8, 4) is 33.4 Å². The van der Waals surface area contributed by atoms with Crippen LogP contribution in [0.2, 0.25) is 0 Å². The molecule has 12 aromatic rings. The van der Waals surface area contributed by atoms with E-state index in [-0.39, 0.29) is 0 Å². The third-order valence-corrected chi connectivity index (χ3v) is 14.2. The molecule has 11 aromatic carbocycles. The molecule has 0 aliphatic carbocycles. The quantitative estimate of drug-likeness (QED) is 0.121. The number of hydrogen-bond donors (Lipinski definition) is 0. The van der Waals surface area contributed by atoms with Gasteiger partial charge in [0.2, 0.25) is 0 Å². The van der Waals surface area contributed by atoms with Crippen LogP contribution in [0.4, 0.5) is 51.2 Å². The number of fused-ring (bicyclic) bond motifs is 3. The fraction of sp³-hybridized carbons (Fsp3) is 0. The van der Waals surface area contributed by atoms with Crippen molar-refractivity contribution in [3.05, 3.63) is 285 Å². The van der Waals surface area contributed by atoms with Gasteiger partial charge in [0.05, 0.1) is 17.1 Å². The Morgan fingerprint density at radius 3 is 1.06 bits per heavy atom. The molecule has 0 unspecified atom stereocenters. The van der Waals surface area contributed by atoms with Crippen molar-refractivity contribution in [3.63, 3.8) is 0 Å². The number of para-hydroxylation sites is 3. The summed E-state index contributed by atoms with van der Waals surface area (Å²) in [5.41, 5.74) is 16.4. The smallest absolute Gasteiger partial charge is 0.0503 e. The average Bonchev–Trinajstić information content (AvgIpc) is 3.82. The summed E-state index contributed by atoms with van der Waals surface area (Å²) in [6.07, 6.45) is 0. The van der Waals surface area contributed by atoms with Gasteiger partial charge in [-0.1, -0.05) is 188 Å². The molecule has 0 fully saturated rings. The maximum atomic E-state index is 2.39. The average molecular weight is 914 g/mol. The molecule has 0 aliphatic heterocycles. The van der Waals surface area contributed by atoms with Crippen molar-refractivity contribution in [2.45, 2.75) is 0 Å². The Bertz CT molecular complexity index is 3560. The summed E-state index contributed by atoms with van der Waals surface area (Å²) in [6.45, 7) is 0. The Morgan fingerprint density at radius 2 is 0.571 bits per heavy atom. The summed E-state index contributed by atoms with van der Waals surface area (Å²) >= 11 is 1.87. The second-order valence-corrected chi connectivity index (χ2v) is 18.4. The molecule has 332 valence electrons. The maximum absolute atomic E-state index is 2.39. The minimum Gasteiger partial charge on any atom is -0.310 e. The molecule has 70 heavy (non-hydrogen) atoms. The molecule has 0 saturated carbocycles. The predicted molar refractivity (Wildman–Crippen MR) is 300 cm³/mol. The lowest BCUT2D eigenvalue weighted by Gasteiger charge is -2.33. The highest BCUT2D eigenvalue weighted by molar-refractivity contribution is 7.26. The Labute approximate surface area is 413 Å². The van der Waals surface area contributed by atoms with Crippen LogP contribution >= 0.6 is 11.3 Å². The van der Waals surface area contributed by atoms with Gasteiger partial charge in [-0.25, -0.2) is 0 Å². The third-order valence-electron chi connectivity index (χ3n) is 13.0. The minimum atomic E-state index is 1.01. The van der Waals surface area contributed by atoms with E-state index < -0.39 is 0 Å². The van der Waals surface area contributed by atoms with E-state index in [9.17, 15) is 0 Å². The molecule has 3 nitrogen and oxygen atoms in total. The van der Waals surface area contributed by atoms with E-state index in [1.54, 1.807) is 0 Å². The Hall–Kier alpha value is -8.96. The lowest BCUT2D eigenvalue weighted by Crippen LogP contribution is -2.16. The molecular weight excluding hydrogens is 867 g/mol. The van der Waals surface area contributed by atoms with Crippen LogP contribution in [-0.2, 0) is 0 Å². The van der Waals surface area contributed by atoms with E-state index in [4.69, 9.17) is 0 Å². The maximum Gasteiger partial charge on any atom is 0.0503 e. The molecule has 0 atom stereocenters. The van der Waals surface area contributed by atoms with Crippen molar-refractivity contribution < 1.29 is 0 Å². The molecule has 12 rings (SSSR count). The van der Waals surface area contributed by atoms with Crippen LogP contribution in [0.5, 0.6) is 0 Å². The van der Waals surface area contributed by atoms with Crippen LogP contribution in [-0.4, -0.2) is 0 Å². The number of rotatable bonds is 12. The first kappa shape index (κ1) is 42.4. The van der Waals surface area contributed by atoms with Crippen molar-refractivity contribution in [1.82, 2.24) is 0 Å². The zero-order valence-electron chi connectivity index (χ0n) is 38.4. The minimum absolute atomic E-state index is 1.01. The highest BCUT2D eigenvalue weighted by Crippen LogP contribution is 2.47. The first-order chi connectivity index (χ1) is 34.7. The van der Waals surface area contributed by atoms with E-state index in [2.05, 4.69) is 300 Å². The topological polar surface area (TPSA) is 9.72 Å². The van der Waals surface area contributed by atoms with Crippen molar-refractivity contribution in [1.29, 1.82) is 0 Å². The fourth-order valence-electron chi connectivity index (χ4n) is 9.71. The molecule has 1 aromatic heterocycles. The lowest BCUT2D eigenvalue weighted by atomic mass is 10.0. The highest BCUT2D eigenvalue weighted by Gasteiger charge is 2.23. The number of hydrogen-bond acceptors (Lipinski definition) is 4. The standard InChI is InChI=1S/C66H47N3S/c1-6-21-48(22-7-1)51-25-18-33-57(43-51)68(54-29-12-4-13-30-54)60-45-59(46-61(47-60)69(55-31-14-5-15-32-55)58-34-19-26-52(44-58)49-23-8-2-9-24-49)67(53-27-10-3-11-28-53)56-41-39-50(40-42-56)62-36-20-37-64-63-35-16-17-38-65(63)70-66(62)64/h1-47H. The molecule has 0 N–H and O–H groups in total. The highest BCUT2D eigenvalue weighted by atomic mass is 32.1. The molecule has 0 bridgehead atoms. The van der Waals surface area contributed by atoms with Crippen LogP contribution in [0.25, 0.3) is 53.6 Å². The number of anilines is 9. The second-order valence-electron chi connectivity index (χ2n) is 17.4. The summed E-state index contributed by atoms with van der Waals surface area (Å²) in [4.78, 5) is 7.17. The third kappa shape index (κ3) is 8.38. The van der Waals surface area contributed by atoms with Gasteiger partial charge in [0.1, 0.15) is 0 Å². The van der Waals surface area contributed by atoms with E-state index in [1.807, 2.05) is 11.3 Å². The van der Waals surface area contributed by atoms with Crippen LogP contribution in [0, 0.1) is 0 Å².